The summed E-state index contributed by atoms with van der Waals surface area (Å²) in [6.45, 7) is 0. The zero-order valence-corrected chi connectivity index (χ0v) is 11.7. The SMILES string of the molecule is O=C(/C=C/c1cnn(-c2ccccc2)c1)Nc1nncs1. The number of amides is 1. The van der Waals surface area contributed by atoms with Gasteiger partial charge in [-0.3, -0.25) is 10.1 Å². The van der Waals surface area contributed by atoms with Crippen molar-refractivity contribution in [2.75, 3.05) is 5.32 Å². The molecule has 2 aromatic heterocycles. The maximum atomic E-state index is 11.7. The summed E-state index contributed by atoms with van der Waals surface area (Å²) in [5.74, 6) is -0.251. The molecule has 1 amide bonds. The lowest BCUT2D eigenvalue weighted by molar-refractivity contribution is -0.111. The molecule has 0 radical (unpaired) electrons. The summed E-state index contributed by atoms with van der Waals surface area (Å²) < 4.78 is 1.75. The van der Waals surface area contributed by atoms with E-state index in [0.717, 1.165) is 11.3 Å². The van der Waals surface area contributed by atoms with Gasteiger partial charge in [-0.1, -0.05) is 29.5 Å². The summed E-state index contributed by atoms with van der Waals surface area (Å²) >= 11 is 1.27. The van der Waals surface area contributed by atoms with Crippen LogP contribution in [0.1, 0.15) is 5.56 Å². The van der Waals surface area contributed by atoms with E-state index in [1.165, 1.54) is 17.4 Å². The van der Waals surface area contributed by atoms with Crippen LogP contribution >= 0.6 is 11.3 Å². The Kier molecular flexibility index (Phi) is 3.83. The summed E-state index contributed by atoms with van der Waals surface area (Å²) in [6, 6.07) is 9.76. The van der Waals surface area contributed by atoms with Gasteiger partial charge in [0, 0.05) is 17.8 Å². The van der Waals surface area contributed by atoms with E-state index in [9.17, 15) is 4.79 Å². The number of para-hydroxylation sites is 1. The first-order chi connectivity index (χ1) is 10.3. The lowest BCUT2D eigenvalue weighted by atomic mass is 10.3. The summed E-state index contributed by atoms with van der Waals surface area (Å²) in [5.41, 5.74) is 3.37. The molecule has 0 unspecified atom stereocenters. The number of anilines is 1. The van der Waals surface area contributed by atoms with Gasteiger partial charge in [-0.2, -0.15) is 5.10 Å². The number of nitrogens with zero attached hydrogens (tertiary/aromatic N) is 4. The van der Waals surface area contributed by atoms with Crippen LogP contribution in [0.4, 0.5) is 5.13 Å². The van der Waals surface area contributed by atoms with Gasteiger partial charge >= 0.3 is 0 Å². The van der Waals surface area contributed by atoms with Crippen molar-refractivity contribution in [1.82, 2.24) is 20.0 Å². The Morgan fingerprint density at radius 3 is 2.90 bits per heavy atom. The summed E-state index contributed by atoms with van der Waals surface area (Å²) in [6.07, 6.45) is 6.68. The van der Waals surface area contributed by atoms with E-state index in [1.54, 1.807) is 22.5 Å². The van der Waals surface area contributed by atoms with Crippen molar-refractivity contribution in [3.8, 4) is 5.69 Å². The molecule has 6 nitrogen and oxygen atoms in total. The van der Waals surface area contributed by atoms with Crippen LogP contribution < -0.4 is 5.32 Å². The van der Waals surface area contributed by atoms with Crippen LogP contribution in [0.3, 0.4) is 0 Å². The Bertz CT molecular complexity index is 749. The first-order valence-electron chi connectivity index (χ1n) is 6.16. The Balaban J connectivity index is 1.67. The molecule has 3 rings (SSSR count). The van der Waals surface area contributed by atoms with Gasteiger partial charge in [-0.25, -0.2) is 4.68 Å². The molecule has 0 bridgehead atoms. The molecule has 21 heavy (non-hydrogen) atoms. The Hall–Kier alpha value is -2.80. The molecule has 3 aromatic rings. The molecular weight excluding hydrogens is 286 g/mol. The van der Waals surface area contributed by atoms with E-state index >= 15 is 0 Å². The van der Waals surface area contributed by atoms with Gasteiger partial charge in [0.05, 0.1) is 11.9 Å². The molecule has 2 heterocycles. The minimum Gasteiger partial charge on any atom is -0.297 e. The highest BCUT2D eigenvalue weighted by Gasteiger charge is 2.01. The van der Waals surface area contributed by atoms with E-state index in [2.05, 4.69) is 20.6 Å². The van der Waals surface area contributed by atoms with Crippen LogP contribution in [0, 0.1) is 0 Å². The molecule has 7 heteroatoms. The van der Waals surface area contributed by atoms with Gasteiger partial charge in [0.25, 0.3) is 0 Å². The first kappa shape index (κ1) is 13.2. The smallest absolute Gasteiger partial charge is 0.250 e. The zero-order chi connectivity index (χ0) is 14.5. The molecule has 0 aliphatic carbocycles. The van der Waals surface area contributed by atoms with Gasteiger partial charge in [-0.15, -0.1) is 10.2 Å². The van der Waals surface area contributed by atoms with Crippen LogP contribution in [-0.4, -0.2) is 25.9 Å². The first-order valence-corrected chi connectivity index (χ1v) is 7.04. The average Bonchev–Trinajstić information content (AvgIpc) is 3.17. The molecule has 0 spiro atoms. The van der Waals surface area contributed by atoms with Crippen molar-refractivity contribution in [3.63, 3.8) is 0 Å². The fraction of sp³-hybridized carbons (Fsp3) is 0. The molecule has 0 saturated heterocycles. The van der Waals surface area contributed by atoms with Gasteiger partial charge in [-0.05, 0) is 18.2 Å². The Labute approximate surface area is 124 Å². The maximum Gasteiger partial charge on any atom is 0.250 e. The number of benzene rings is 1. The summed E-state index contributed by atoms with van der Waals surface area (Å²) in [4.78, 5) is 11.7. The average molecular weight is 297 g/mol. The minimum absolute atomic E-state index is 0.251. The molecule has 0 fully saturated rings. The van der Waals surface area contributed by atoms with Gasteiger partial charge in [0.15, 0.2) is 0 Å². The van der Waals surface area contributed by atoms with E-state index < -0.39 is 0 Å². The number of rotatable bonds is 4. The summed E-state index contributed by atoms with van der Waals surface area (Å²) in [5, 5.41) is 14.7. The molecule has 104 valence electrons. The number of nitrogens with one attached hydrogen (secondary N) is 1. The van der Waals surface area contributed by atoms with E-state index in [1.807, 2.05) is 36.5 Å². The Morgan fingerprint density at radius 1 is 1.29 bits per heavy atom. The standard InChI is InChI=1S/C14H11N5OS/c20-13(17-14-18-15-10-21-14)7-6-11-8-16-19(9-11)12-4-2-1-3-5-12/h1-10H,(H,17,18,20)/b7-6+. The molecular formula is C14H11N5OS. The van der Waals surface area contributed by atoms with Gasteiger partial charge in [0.1, 0.15) is 5.51 Å². The second-order valence-electron chi connectivity index (χ2n) is 4.12. The van der Waals surface area contributed by atoms with Crippen molar-refractivity contribution in [2.45, 2.75) is 0 Å². The number of hydrogen-bond donors (Lipinski definition) is 1. The van der Waals surface area contributed by atoms with Gasteiger partial charge in [0.2, 0.25) is 11.0 Å². The summed E-state index contributed by atoms with van der Waals surface area (Å²) in [7, 11) is 0. The predicted molar refractivity (Wildman–Crippen MR) is 81.1 cm³/mol. The third kappa shape index (κ3) is 3.40. The molecule has 1 N–H and O–H groups in total. The van der Waals surface area contributed by atoms with Crippen molar-refractivity contribution in [2.24, 2.45) is 0 Å². The fourth-order valence-corrected chi connectivity index (χ4v) is 2.14. The van der Waals surface area contributed by atoms with Crippen molar-refractivity contribution >= 4 is 28.5 Å². The largest absolute Gasteiger partial charge is 0.297 e. The van der Waals surface area contributed by atoms with Crippen molar-refractivity contribution < 1.29 is 4.79 Å². The second kappa shape index (κ2) is 6.10. The highest BCUT2D eigenvalue weighted by atomic mass is 32.1. The highest BCUT2D eigenvalue weighted by molar-refractivity contribution is 7.13. The molecule has 0 aliphatic heterocycles. The fourth-order valence-electron chi connectivity index (χ4n) is 1.69. The van der Waals surface area contributed by atoms with Crippen LogP contribution in [-0.2, 0) is 4.79 Å². The third-order valence-electron chi connectivity index (χ3n) is 2.64. The van der Waals surface area contributed by atoms with Crippen molar-refractivity contribution in [1.29, 1.82) is 0 Å². The van der Waals surface area contributed by atoms with Crippen LogP contribution in [0.25, 0.3) is 11.8 Å². The number of carbonyl (C=O) groups is 1. The normalized spacial score (nSPS) is 10.9. The lowest BCUT2D eigenvalue weighted by Gasteiger charge is -1.98. The third-order valence-corrected chi connectivity index (χ3v) is 3.25. The maximum absolute atomic E-state index is 11.7. The van der Waals surface area contributed by atoms with E-state index in [0.29, 0.717) is 5.13 Å². The molecule has 0 aliphatic rings. The number of carbonyl (C=O) groups excluding carboxylic acids is 1. The highest BCUT2D eigenvalue weighted by Crippen LogP contribution is 2.10. The Morgan fingerprint density at radius 2 is 2.14 bits per heavy atom. The number of hydrogen-bond acceptors (Lipinski definition) is 5. The minimum atomic E-state index is -0.251. The lowest BCUT2D eigenvalue weighted by Crippen LogP contribution is -2.07. The van der Waals surface area contributed by atoms with E-state index in [4.69, 9.17) is 0 Å². The molecule has 0 saturated carbocycles. The van der Waals surface area contributed by atoms with Crippen LogP contribution in [0.2, 0.25) is 0 Å². The van der Waals surface area contributed by atoms with Gasteiger partial charge < -0.3 is 0 Å². The van der Waals surface area contributed by atoms with Crippen molar-refractivity contribution in [3.05, 3.63) is 59.9 Å². The van der Waals surface area contributed by atoms with Crippen LogP contribution in [0.15, 0.2) is 54.3 Å². The zero-order valence-electron chi connectivity index (χ0n) is 10.9. The quantitative estimate of drug-likeness (QED) is 0.750. The monoisotopic (exact) mass is 297 g/mol. The van der Waals surface area contributed by atoms with Crippen LogP contribution in [0.5, 0.6) is 0 Å². The number of aromatic nitrogens is 4. The second-order valence-corrected chi connectivity index (χ2v) is 4.95. The van der Waals surface area contributed by atoms with E-state index in [-0.39, 0.29) is 5.91 Å². The molecule has 1 aromatic carbocycles. The molecule has 0 atom stereocenters. The predicted octanol–water partition coefficient (Wildman–Crippen LogP) is 2.38. The topological polar surface area (TPSA) is 72.7 Å².